The number of aromatic nitrogens is 4. The third-order valence-electron chi connectivity index (χ3n) is 6.16. The van der Waals surface area contributed by atoms with Crippen molar-refractivity contribution in [1.82, 2.24) is 18.7 Å². The fourth-order valence-corrected chi connectivity index (χ4v) is 4.52. The number of aryl methyl sites for hydroxylation is 1. The molecule has 0 saturated carbocycles. The van der Waals surface area contributed by atoms with E-state index in [1.54, 1.807) is 14.0 Å². The normalized spacial score (nSPS) is 15.1. The molecule has 3 heterocycles. The monoisotopic (exact) mass is 489 g/mol. The summed E-state index contributed by atoms with van der Waals surface area (Å²) in [4.78, 5) is 45.1. The van der Waals surface area contributed by atoms with Crippen molar-refractivity contribution in [3.8, 4) is 11.5 Å². The van der Waals surface area contributed by atoms with E-state index in [1.165, 1.54) is 4.57 Å². The number of hydrogen-bond acceptors (Lipinski definition) is 7. The number of hydrogen-bond donors (Lipinski definition) is 0. The number of rotatable bonds is 6. The quantitative estimate of drug-likeness (QED) is 0.384. The fraction of sp³-hybridized carbons (Fsp3) is 0.308. The third kappa shape index (κ3) is 4.15. The molecule has 2 aromatic heterocycles. The number of fused-ring (bicyclic) bond motifs is 3. The number of nitrogens with zero attached hydrogens (tertiary/aromatic N) is 5. The Bertz CT molecular complexity index is 1540. The maximum atomic E-state index is 13.4. The van der Waals surface area contributed by atoms with Crippen molar-refractivity contribution in [3.05, 3.63) is 75.4 Å². The molecular formula is C26H27N5O5. The summed E-state index contributed by atoms with van der Waals surface area (Å²) in [6.07, 6.45) is 0. The highest BCUT2D eigenvalue weighted by Crippen LogP contribution is 2.34. The zero-order chi connectivity index (χ0) is 25.4. The standard InChI is InChI=1S/C26H27N5O5/c1-4-35-21(32)16-31-24(33)22-23(28(3)26(31)34)27-25-29(14-17(2)15-30(22)25)18-10-12-20(13-11-18)36-19-8-6-5-7-9-19/h5-13,17H,4,14-16H2,1-3H3/t17-/m0/s1. The molecule has 0 radical (unpaired) electrons. The number of ether oxygens (including phenoxy) is 2. The van der Waals surface area contributed by atoms with Gasteiger partial charge in [-0.3, -0.25) is 14.2 Å². The average molecular weight is 490 g/mol. The van der Waals surface area contributed by atoms with E-state index in [4.69, 9.17) is 14.5 Å². The van der Waals surface area contributed by atoms with Gasteiger partial charge in [0, 0.05) is 25.8 Å². The predicted octanol–water partition coefficient (Wildman–Crippen LogP) is 3.04. The SMILES string of the molecule is CCOC(=O)Cn1c(=O)c2c(nc3n2C[C@@H](C)CN3c2ccc(Oc3ccccc3)cc2)n(C)c1=O. The average Bonchev–Trinajstić information content (AvgIpc) is 3.26. The summed E-state index contributed by atoms with van der Waals surface area (Å²) in [5, 5.41) is 0. The second-order valence-corrected chi connectivity index (χ2v) is 8.86. The minimum Gasteiger partial charge on any atom is -0.465 e. The number of para-hydroxylation sites is 1. The Labute approximate surface area is 206 Å². The van der Waals surface area contributed by atoms with Gasteiger partial charge in [0.2, 0.25) is 5.95 Å². The Kier molecular flexibility index (Phi) is 6.09. The molecule has 2 aromatic carbocycles. The molecular weight excluding hydrogens is 462 g/mol. The van der Waals surface area contributed by atoms with Gasteiger partial charge in [-0.05, 0) is 49.2 Å². The highest BCUT2D eigenvalue weighted by molar-refractivity contribution is 5.77. The van der Waals surface area contributed by atoms with Crippen LogP contribution in [0.1, 0.15) is 13.8 Å². The first-order valence-electron chi connectivity index (χ1n) is 11.8. The van der Waals surface area contributed by atoms with E-state index >= 15 is 0 Å². The van der Waals surface area contributed by atoms with Crippen LogP contribution >= 0.6 is 0 Å². The van der Waals surface area contributed by atoms with Gasteiger partial charge in [0.25, 0.3) is 5.56 Å². The maximum absolute atomic E-state index is 13.4. The van der Waals surface area contributed by atoms with Crippen molar-refractivity contribution in [1.29, 1.82) is 0 Å². The Balaban J connectivity index is 1.56. The van der Waals surface area contributed by atoms with Gasteiger partial charge in [-0.25, -0.2) is 9.36 Å². The van der Waals surface area contributed by atoms with E-state index in [1.807, 2.05) is 64.1 Å². The van der Waals surface area contributed by atoms with E-state index < -0.39 is 23.8 Å². The molecule has 0 fully saturated rings. The van der Waals surface area contributed by atoms with Gasteiger partial charge in [-0.1, -0.05) is 25.1 Å². The smallest absolute Gasteiger partial charge is 0.333 e. The van der Waals surface area contributed by atoms with Gasteiger partial charge in [-0.15, -0.1) is 0 Å². The number of carbonyl (C=O) groups is 1. The van der Waals surface area contributed by atoms with Crippen LogP contribution in [0.2, 0.25) is 0 Å². The van der Waals surface area contributed by atoms with Crippen LogP contribution in [0.4, 0.5) is 11.6 Å². The maximum Gasteiger partial charge on any atom is 0.333 e. The van der Waals surface area contributed by atoms with Gasteiger partial charge >= 0.3 is 11.7 Å². The highest BCUT2D eigenvalue weighted by Gasteiger charge is 2.30. The third-order valence-corrected chi connectivity index (χ3v) is 6.16. The van der Waals surface area contributed by atoms with E-state index in [2.05, 4.69) is 6.92 Å². The highest BCUT2D eigenvalue weighted by atomic mass is 16.5. The van der Waals surface area contributed by atoms with Crippen LogP contribution in [0.25, 0.3) is 11.2 Å². The number of anilines is 2. The predicted molar refractivity (Wildman–Crippen MR) is 135 cm³/mol. The molecule has 0 amide bonds. The lowest BCUT2D eigenvalue weighted by molar-refractivity contribution is -0.143. The number of imidazole rings is 1. The van der Waals surface area contributed by atoms with Crippen LogP contribution in [-0.4, -0.2) is 37.8 Å². The van der Waals surface area contributed by atoms with Crippen LogP contribution in [0.3, 0.4) is 0 Å². The van der Waals surface area contributed by atoms with Crippen molar-refractivity contribution in [2.45, 2.75) is 26.9 Å². The van der Waals surface area contributed by atoms with Crippen molar-refractivity contribution < 1.29 is 14.3 Å². The first-order valence-corrected chi connectivity index (χ1v) is 11.8. The Morgan fingerprint density at radius 2 is 1.72 bits per heavy atom. The van der Waals surface area contributed by atoms with E-state index in [0.717, 1.165) is 16.0 Å². The molecule has 0 spiro atoms. The summed E-state index contributed by atoms with van der Waals surface area (Å²) in [5.74, 6) is 1.58. The minimum absolute atomic E-state index is 0.167. The van der Waals surface area contributed by atoms with Crippen LogP contribution in [0.5, 0.6) is 11.5 Å². The molecule has 0 N–H and O–H groups in total. The summed E-state index contributed by atoms with van der Waals surface area (Å²) in [6, 6.07) is 17.2. The Morgan fingerprint density at radius 3 is 2.42 bits per heavy atom. The summed E-state index contributed by atoms with van der Waals surface area (Å²) in [6.45, 7) is 4.73. The summed E-state index contributed by atoms with van der Waals surface area (Å²) in [7, 11) is 1.55. The van der Waals surface area contributed by atoms with Gasteiger partial charge in [0.1, 0.15) is 18.0 Å². The van der Waals surface area contributed by atoms with Crippen molar-refractivity contribution in [2.75, 3.05) is 18.1 Å². The largest absolute Gasteiger partial charge is 0.465 e. The minimum atomic E-state index is -0.637. The number of carbonyl (C=O) groups excluding carboxylic acids is 1. The van der Waals surface area contributed by atoms with E-state index in [-0.39, 0.29) is 23.7 Å². The second-order valence-electron chi connectivity index (χ2n) is 8.86. The lowest BCUT2D eigenvalue weighted by Gasteiger charge is -2.33. The van der Waals surface area contributed by atoms with Gasteiger partial charge in [-0.2, -0.15) is 4.98 Å². The summed E-state index contributed by atoms with van der Waals surface area (Å²) >= 11 is 0. The number of esters is 1. The van der Waals surface area contributed by atoms with Crippen molar-refractivity contribution in [2.24, 2.45) is 13.0 Å². The van der Waals surface area contributed by atoms with Crippen LogP contribution in [-0.2, 0) is 29.7 Å². The molecule has 0 unspecified atom stereocenters. The summed E-state index contributed by atoms with van der Waals surface area (Å²) in [5.41, 5.74) is 0.286. The van der Waals surface area contributed by atoms with E-state index in [9.17, 15) is 14.4 Å². The molecule has 36 heavy (non-hydrogen) atoms. The summed E-state index contributed by atoms with van der Waals surface area (Å²) < 4.78 is 14.9. The second kappa shape index (κ2) is 9.37. The van der Waals surface area contributed by atoms with Gasteiger partial charge in [0.05, 0.1) is 6.61 Å². The first kappa shape index (κ1) is 23.4. The first-order chi connectivity index (χ1) is 17.4. The topological polar surface area (TPSA) is 101 Å². The van der Waals surface area contributed by atoms with Crippen LogP contribution in [0, 0.1) is 5.92 Å². The molecule has 4 aromatic rings. The molecule has 0 aliphatic carbocycles. The molecule has 1 aliphatic rings. The molecule has 186 valence electrons. The van der Waals surface area contributed by atoms with E-state index in [0.29, 0.717) is 24.8 Å². The Hall–Kier alpha value is -4.34. The van der Waals surface area contributed by atoms with Crippen molar-refractivity contribution >= 4 is 28.8 Å². The Morgan fingerprint density at radius 1 is 1.03 bits per heavy atom. The molecule has 0 saturated heterocycles. The van der Waals surface area contributed by atoms with Gasteiger partial charge in [0.15, 0.2) is 11.2 Å². The molecule has 1 aliphatic heterocycles. The zero-order valence-corrected chi connectivity index (χ0v) is 20.4. The fourth-order valence-electron chi connectivity index (χ4n) is 4.52. The molecule has 10 heteroatoms. The molecule has 0 bridgehead atoms. The lowest BCUT2D eigenvalue weighted by atomic mass is 10.1. The molecule has 10 nitrogen and oxygen atoms in total. The lowest BCUT2D eigenvalue weighted by Crippen LogP contribution is -2.42. The molecule has 5 rings (SSSR count). The van der Waals surface area contributed by atoms with Crippen LogP contribution in [0.15, 0.2) is 64.2 Å². The van der Waals surface area contributed by atoms with Gasteiger partial charge < -0.3 is 18.9 Å². The molecule has 1 atom stereocenters. The zero-order valence-electron chi connectivity index (χ0n) is 20.4. The van der Waals surface area contributed by atoms with Crippen LogP contribution < -0.4 is 20.9 Å². The number of benzene rings is 2. The van der Waals surface area contributed by atoms with Crippen molar-refractivity contribution in [3.63, 3.8) is 0 Å².